The summed E-state index contributed by atoms with van der Waals surface area (Å²) in [4.78, 5) is 4.40. The molecule has 0 fully saturated rings. The number of hydrogen-bond donors (Lipinski definition) is 1. The van der Waals surface area contributed by atoms with Gasteiger partial charge in [0.05, 0.1) is 5.69 Å². The fraction of sp³-hybridized carbons (Fsp3) is 0.0500. The van der Waals surface area contributed by atoms with Crippen molar-refractivity contribution in [3.05, 3.63) is 83.6 Å². The Morgan fingerprint density at radius 2 is 1.85 bits per heavy atom. The highest BCUT2D eigenvalue weighted by Crippen LogP contribution is 2.24. The quantitative estimate of drug-likeness (QED) is 0.475. The second-order valence-corrected chi connectivity index (χ2v) is 6.67. The van der Waals surface area contributed by atoms with Crippen molar-refractivity contribution in [3.63, 3.8) is 0 Å². The molecule has 2 heterocycles. The summed E-state index contributed by atoms with van der Waals surface area (Å²) in [5.41, 5.74) is 2.71. The molecule has 7 heteroatoms. The van der Waals surface area contributed by atoms with Gasteiger partial charge in [0.2, 0.25) is 5.16 Å². The minimum Gasteiger partial charge on any atom is -0.356 e. The SMILES string of the molecule is Fc1ccc(/C=C/c2nc(SCc3cc(-c4ccccc4)on3)n[nH]2)cc1. The topological polar surface area (TPSA) is 67.6 Å². The van der Waals surface area contributed by atoms with E-state index in [0.717, 1.165) is 22.6 Å². The van der Waals surface area contributed by atoms with Gasteiger partial charge in [0.15, 0.2) is 5.76 Å². The van der Waals surface area contributed by atoms with Crippen LogP contribution in [0.15, 0.2) is 70.3 Å². The molecule has 2 aromatic carbocycles. The number of aromatic amines is 1. The van der Waals surface area contributed by atoms with E-state index >= 15 is 0 Å². The van der Waals surface area contributed by atoms with Crippen LogP contribution < -0.4 is 0 Å². The predicted octanol–water partition coefficient (Wildman–Crippen LogP) is 5.06. The summed E-state index contributed by atoms with van der Waals surface area (Å²) in [6.07, 6.45) is 3.64. The number of thioether (sulfide) groups is 1. The number of halogens is 1. The van der Waals surface area contributed by atoms with Crippen molar-refractivity contribution in [1.82, 2.24) is 20.3 Å². The van der Waals surface area contributed by atoms with Gasteiger partial charge in [-0.3, -0.25) is 5.10 Å². The number of nitrogens with zero attached hydrogens (tertiary/aromatic N) is 3. The first kappa shape index (κ1) is 17.2. The maximum atomic E-state index is 12.9. The lowest BCUT2D eigenvalue weighted by molar-refractivity contribution is 0.426. The summed E-state index contributed by atoms with van der Waals surface area (Å²) >= 11 is 1.47. The minimum absolute atomic E-state index is 0.256. The van der Waals surface area contributed by atoms with Gasteiger partial charge >= 0.3 is 0 Å². The third-order valence-corrected chi connectivity index (χ3v) is 4.63. The molecule has 0 atom stereocenters. The third-order valence-electron chi connectivity index (χ3n) is 3.75. The van der Waals surface area contributed by atoms with Crippen LogP contribution in [-0.2, 0) is 5.75 Å². The zero-order chi connectivity index (χ0) is 18.5. The molecule has 2 aromatic heterocycles. The van der Waals surface area contributed by atoms with Crippen molar-refractivity contribution in [2.75, 3.05) is 0 Å². The van der Waals surface area contributed by atoms with Crippen molar-refractivity contribution in [2.45, 2.75) is 10.9 Å². The highest BCUT2D eigenvalue weighted by molar-refractivity contribution is 7.98. The molecule has 0 saturated heterocycles. The lowest BCUT2D eigenvalue weighted by Gasteiger charge is -1.92. The van der Waals surface area contributed by atoms with Gasteiger partial charge < -0.3 is 4.52 Å². The van der Waals surface area contributed by atoms with Gasteiger partial charge in [-0.1, -0.05) is 65.5 Å². The largest absolute Gasteiger partial charge is 0.356 e. The first-order valence-electron chi connectivity index (χ1n) is 8.26. The maximum Gasteiger partial charge on any atom is 0.209 e. The Morgan fingerprint density at radius 1 is 1.04 bits per heavy atom. The Balaban J connectivity index is 1.36. The molecule has 0 unspecified atom stereocenters. The molecule has 0 bridgehead atoms. The van der Waals surface area contributed by atoms with E-state index in [0.29, 0.717) is 16.7 Å². The van der Waals surface area contributed by atoms with E-state index in [1.165, 1.54) is 23.9 Å². The van der Waals surface area contributed by atoms with E-state index in [4.69, 9.17) is 4.52 Å². The maximum absolute atomic E-state index is 12.9. The number of rotatable bonds is 6. The van der Waals surface area contributed by atoms with Crippen LogP contribution in [0.3, 0.4) is 0 Å². The average molecular weight is 378 g/mol. The normalized spacial score (nSPS) is 11.3. The number of aromatic nitrogens is 4. The van der Waals surface area contributed by atoms with Crippen molar-refractivity contribution >= 4 is 23.9 Å². The van der Waals surface area contributed by atoms with Gasteiger partial charge in [0, 0.05) is 17.4 Å². The Hall–Kier alpha value is -3.19. The summed E-state index contributed by atoms with van der Waals surface area (Å²) in [6.45, 7) is 0. The molecular formula is C20H15FN4OS. The summed E-state index contributed by atoms with van der Waals surface area (Å²) in [5, 5.41) is 11.8. The lowest BCUT2D eigenvalue weighted by atomic mass is 10.2. The summed E-state index contributed by atoms with van der Waals surface area (Å²) in [6, 6.07) is 18.0. The zero-order valence-electron chi connectivity index (χ0n) is 14.2. The van der Waals surface area contributed by atoms with Crippen LogP contribution in [0.5, 0.6) is 0 Å². The van der Waals surface area contributed by atoms with Crippen LogP contribution in [-0.4, -0.2) is 20.3 Å². The summed E-state index contributed by atoms with van der Waals surface area (Å²) in [7, 11) is 0. The van der Waals surface area contributed by atoms with E-state index in [9.17, 15) is 4.39 Å². The van der Waals surface area contributed by atoms with E-state index in [1.54, 1.807) is 18.2 Å². The van der Waals surface area contributed by atoms with Crippen LogP contribution >= 0.6 is 11.8 Å². The van der Waals surface area contributed by atoms with Crippen LogP contribution in [0.2, 0.25) is 0 Å². The Morgan fingerprint density at radius 3 is 2.67 bits per heavy atom. The standard InChI is InChI=1S/C20H15FN4OS/c21-16-9-6-14(7-10-16)8-11-19-22-20(24-23-19)27-13-17-12-18(26-25-17)15-4-2-1-3-5-15/h1-12H,13H2,(H,22,23,24)/b11-8+. The minimum atomic E-state index is -0.256. The molecule has 5 nitrogen and oxygen atoms in total. The van der Waals surface area contributed by atoms with Gasteiger partial charge in [-0.25, -0.2) is 9.37 Å². The molecule has 27 heavy (non-hydrogen) atoms. The van der Waals surface area contributed by atoms with E-state index in [2.05, 4.69) is 20.3 Å². The van der Waals surface area contributed by atoms with Crippen LogP contribution in [0.1, 0.15) is 17.1 Å². The Bertz CT molecular complexity index is 1040. The molecule has 0 aliphatic heterocycles. The second kappa shape index (κ2) is 8.01. The molecule has 0 saturated carbocycles. The van der Waals surface area contributed by atoms with Crippen molar-refractivity contribution in [1.29, 1.82) is 0 Å². The number of hydrogen-bond acceptors (Lipinski definition) is 5. The van der Waals surface area contributed by atoms with Crippen molar-refractivity contribution < 1.29 is 8.91 Å². The average Bonchev–Trinajstić information content (AvgIpc) is 3.36. The molecule has 0 spiro atoms. The smallest absolute Gasteiger partial charge is 0.209 e. The van der Waals surface area contributed by atoms with Gasteiger partial charge in [-0.05, 0) is 23.8 Å². The Labute approximate surface area is 159 Å². The monoisotopic (exact) mass is 378 g/mol. The lowest BCUT2D eigenvalue weighted by Crippen LogP contribution is -1.81. The van der Waals surface area contributed by atoms with Gasteiger partial charge in [-0.15, -0.1) is 5.10 Å². The number of H-pyrrole nitrogens is 1. The third kappa shape index (κ3) is 4.51. The van der Waals surface area contributed by atoms with E-state index < -0.39 is 0 Å². The molecule has 0 aliphatic rings. The summed E-state index contributed by atoms with van der Waals surface area (Å²) in [5.74, 6) is 1.72. The van der Waals surface area contributed by atoms with Crippen LogP contribution in [0, 0.1) is 5.82 Å². The highest BCUT2D eigenvalue weighted by atomic mass is 32.2. The van der Waals surface area contributed by atoms with Crippen LogP contribution in [0.4, 0.5) is 4.39 Å². The molecule has 0 amide bonds. The van der Waals surface area contributed by atoms with Crippen LogP contribution in [0.25, 0.3) is 23.5 Å². The fourth-order valence-corrected chi connectivity index (χ4v) is 3.09. The molecule has 1 N–H and O–H groups in total. The van der Waals surface area contributed by atoms with E-state index in [1.807, 2.05) is 42.5 Å². The number of nitrogens with one attached hydrogen (secondary N) is 1. The predicted molar refractivity (Wildman–Crippen MR) is 103 cm³/mol. The fourth-order valence-electron chi connectivity index (χ4n) is 2.40. The van der Waals surface area contributed by atoms with Crippen molar-refractivity contribution in [3.8, 4) is 11.3 Å². The summed E-state index contributed by atoms with van der Waals surface area (Å²) < 4.78 is 18.3. The second-order valence-electron chi connectivity index (χ2n) is 5.73. The Kier molecular flexibility index (Phi) is 5.11. The zero-order valence-corrected chi connectivity index (χ0v) is 15.0. The molecular weight excluding hydrogens is 363 g/mol. The first-order chi connectivity index (χ1) is 13.3. The molecule has 0 aliphatic carbocycles. The van der Waals surface area contributed by atoms with Crippen molar-refractivity contribution in [2.24, 2.45) is 0 Å². The van der Waals surface area contributed by atoms with Gasteiger partial charge in [-0.2, -0.15) is 0 Å². The van der Waals surface area contributed by atoms with Gasteiger partial charge in [0.1, 0.15) is 11.6 Å². The molecule has 134 valence electrons. The first-order valence-corrected chi connectivity index (χ1v) is 9.25. The van der Waals surface area contributed by atoms with E-state index in [-0.39, 0.29) is 5.82 Å². The molecule has 0 radical (unpaired) electrons. The number of benzene rings is 2. The molecule has 4 aromatic rings. The highest BCUT2D eigenvalue weighted by Gasteiger charge is 2.08. The van der Waals surface area contributed by atoms with Gasteiger partial charge in [0.25, 0.3) is 0 Å². The molecule has 4 rings (SSSR count).